The lowest BCUT2D eigenvalue weighted by Gasteiger charge is -2.27. The number of hydrogen-bond acceptors (Lipinski definition) is 17. The predicted molar refractivity (Wildman–Crippen MR) is 317 cm³/mol. The summed E-state index contributed by atoms with van der Waals surface area (Å²) in [6.07, 6.45) is 7.20. The fourth-order valence-electron chi connectivity index (χ4n) is 9.50. The van der Waals surface area contributed by atoms with Gasteiger partial charge in [0.15, 0.2) is 35.3 Å². The topological polar surface area (TPSA) is 434 Å². The van der Waals surface area contributed by atoms with Gasteiger partial charge in [-0.05, 0) is 139 Å². The number of aliphatic carboxylic acids is 1. The number of aromatic nitrogens is 3. The lowest BCUT2D eigenvalue weighted by atomic mass is 10.1. The van der Waals surface area contributed by atoms with Crippen LogP contribution < -0.4 is 34.4 Å². The number of pyridine rings is 3. The molecule has 6 aromatic rings. The summed E-state index contributed by atoms with van der Waals surface area (Å²) in [7, 11) is -11.9. The van der Waals surface area contributed by atoms with Crippen LogP contribution in [0.25, 0.3) is 32.3 Å². The van der Waals surface area contributed by atoms with E-state index in [1.807, 2.05) is 0 Å². The second-order valence-electron chi connectivity index (χ2n) is 21.5. The molecule has 27 nitrogen and oxygen atoms in total. The first-order chi connectivity index (χ1) is 39.2. The van der Waals surface area contributed by atoms with E-state index in [1.54, 1.807) is 71.9 Å². The summed E-state index contributed by atoms with van der Waals surface area (Å²) in [6, 6.07) is 14.2. The number of nitrogens with zero attached hydrogens (tertiary/aromatic N) is 9. The number of sulfonamides is 3. The van der Waals surface area contributed by atoms with Gasteiger partial charge in [-0.3, -0.25) is 14.4 Å². The zero-order valence-corrected chi connectivity index (χ0v) is 49.9. The maximum absolute atomic E-state index is 13.4. The molecular formula is C53H66ClN15O12S3. The number of hydrogen-bond donors (Lipinski definition) is 7. The van der Waals surface area contributed by atoms with Crippen LogP contribution in [0.15, 0.2) is 115 Å². The van der Waals surface area contributed by atoms with Gasteiger partial charge in [0.2, 0.25) is 30.1 Å². The molecular weight excluding hydrogens is 1170 g/mol. The summed E-state index contributed by atoms with van der Waals surface area (Å²) in [5.74, 6) is -2.26. The highest BCUT2D eigenvalue weighted by atomic mass is 35.5. The molecule has 31 heteroatoms. The van der Waals surface area contributed by atoms with Gasteiger partial charge in [-0.2, -0.15) is 27.9 Å². The monoisotopic (exact) mass is 1240 g/mol. The van der Waals surface area contributed by atoms with Gasteiger partial charge in [0, 0.05) is 59.8 Å². The van der Waals surface area contributed by atoms with Crippen LogP contribution in [-0.4, -0.2) is 143 Å². The Bertz CT molecular complexity index is 3980. The number of fused-ring (bicyclic) bond motifs is 3. The average molecular weight is 1240 g/mol. The number of carbonyl (C=O) groups is 3. The zero-order valence-electron chi connectivity index (χ0n) is 46.7. The van der Waals surface area contributed by atoms with Crippen LogP contribution in [0.3, 0.4) is 0 Å². The first-order valence-electron chi connectivity index (χ1n) is 26.1. The van der Waals surface area contributed by atoms with E-state index in [0.717, 1.165) is 9.69 Å². The first kappa shape index (κ1) is 63.7. The average Bonchev–Trinajstić information content (AvgIpc) is 1.70. The van der Waals surface area contributed by atoms with E-state index in [2.05, 4.69) is 29.9 Å². The minimum atomic E-state index is -3.99. The van der Waals surface area contributed by atoms with Gasteiger partial charge < -0.3 is 49.0 Å². The molecule has 0 bridgehead atoms. The molecule has 0 amide bonds. The number of rotatable bonds is 12. The van der Waals surface area contributed by atoms with Gasteiger partial charge in [0.1, 0.15) is 29.3 Å². The van der Waals surface area contributed by atoms with E-state index in [1.165, 1.54) is 63.6 Å². The van der Waals surface area contributed by atoms with Crippen LogP contribution in [-0.2, 0) is 53.9 Å². The van der Waals surface area contributed by atoms with E-state index in [9.17, 15) is 44.7 Å². The Labute approximate surface area is 490 Å². The third-order valence-electron chi connectivity index (χ3n) is 13.0. The van der Waals surface area contributed by atoms with Crippen molar-refractivity contribution in [2.24, 2.45) is 49.4 Å². The number of carboxylic acids is 1. The predicted octanol–water partition coefficient (Wildman–Crippen LogP) is 4.30. The second-order valence-corrected chi connectivity index (χ2v) is 27.6. The van der Waals surface area contributed by atoms with Crippen molar-refractivity contribution in [2.75, 3.05) is 19.6 Å². The molecule has 0 aliphatic carbocycles. The standard InChI is InChI=1S/C19H24ClN5O4S.C19H25N5O4S.C15H17N5O4S/c1-19(2,3)29-17(26)15-5-4-8-25(15)30(27,28)11-6-7-12-13(9-11)16(24-18(21)22)23-10-14(12)20;1-19(2,3)28-17(25)15-5-4-10-24(15)29(26,27)13-7-6-12-8-9-22-16(14(12)11-13)23-18(20)21;16-15(17)19-13-11-8-10(4-3-9(11)5-6-18-13)25(23,24)20-7-1-2-12(20)14(21)22/h6-7,9-10,15H,4-5,8H2,1-3H3,(H4,21,22,23,24);6-9,11,15H,4-5,10H2,1-3H3,(H4,20,21,22,23);3-6,8,12H,1-2,7H2,(H,21,22)(H4,16,17,18,19)/t2*15-;12-/m111/s1. The lowest BCUT2D eigenvalue weighted by Crippen LogP contribution is -2.43. The van der Waals surface area contributed by atoms with Crippen molar-refractivity contribution in [3.05, 3.63) is 90.3 Å². The van der Waals surface area contributed by atoms with Crippen molar-refractivity contribution in [2.45, 2.75) is 124 Å². The van der Waals surface area contributed by atoms with Crippen molar-refractivity contribution >= 4 is 127 Å². The van der Waals surface area contributed by atoms with Crippen LogP contribution in [0.5, 0.6) is 0 Å². The fraction of sp³-hybridized carbons (Fsp3) is 0.377. The smallest absolute Gasteiger partial charge is 0.324 e. The molecule has 3 fully saturated rings. The highest BCUT2D eigenvalue weighted by Gasteiger charge is 2.44. The fourth-order valence-corrected chi connectivity index (χ4v) is 14.7. The number of aliphatic imine (C=N–C) groups is 3. The van der Waals surface area contributed by atoms with Gasteiger partial charge in [0.05, 0.1) is 19.7 Å². The van der Waals surface area contributed by atoms with E-state index in [4.69, 9.17) is 55.5 Å². The van der Waals surface area contributed by atoms with Crippen LogP contribution in [0.1, 0.15) is 80.1 Å². The second kappa shape index (κ2) is 25.1. The number of nitrogens with two attached hydrogens (primary N) is 6. The minimum absolute atomic E-state index is 0.0124. The highest BCUT2D eigenvalue weighted by molar-refractivity contribution is 7.89. The van der Waals surface area contributed by atoms with Crippen molar-refractivity contribution in [3.8, 4) is 0 Å². The third kappa shape index (κ3) is 14.7. The molecule has 13 N–H and O–H groups in total. The molecule has 3 aromatic carbocycles. The molecule has 0 saturated carbocycles. The van der Waals surface area contributed by atoms with Crippen molar-refractivity contribution in [1.82, 2.24) is 27.9 Å². The molecule has 84 heavy (non-hydrogen) atoms. The lowest BCUT2D eigenvalue weighted by molar-refractivity contribution is -0.159. The summed E-state index contributed by atoms with van der Waals surface area (Å²) in [5.41, 5.74) is 31.2. The van der Waals surface area contributed by atoms with Crippen LogP contribution >= 0.6 is 11.6 Å². The molecule has 3 aliphatic heterocycles. The van der Waals surface area contributed by atoms with Crippen LogP contribution in [0, 0.1) is 0 Å². The number of esters is 2. The summed E-state index contributed by atoms with van der Waals surface area (Å²) >= 11 is 6.19. The van der Waals surface area contributed by atoms with Crippen molar-refractivity contribution in [1.29, 1.82) is 0 Å². The Morgan fingerprint density at radius 2 is 0.869 bits per heavy atom. The first-order valence-corrected chi connectivity index (χ1v) is 30.8. The molecule has 9 rings (SSSR count). The Balaban J connectivity index is 0.000000182. The number of halogens is 1. The van der Waals surface area contributed by atoms with Gasteiger partial charge in [-0.25, -0.2) is 40.2 Å². The summed E-state index contributed by atoms with van der Waals surface area (Å²) < 4.78 is 93.3. The van der Waals surface area contributed by atoms with Crippen LogP contribution in [0.4, 0.5) is 17.5 Å². The van der Waals surface area contributed by atoms with Gasteiger partial charge in [-0.15, -0.1) is 0 Å². The SMILES string of the molecule is CC(C)(C)OC(=O)[C@H]1CCCN1S(=O)(=O)c1ccc2c(Cl)cnc(N=C(N)N)c2c1.CC(C)(C)OC(=O)[C@H]1CCCN1S(=O)(=O)c1ccc2ccnc(N=C(N)N)c2c1.NC(N)=Nc1nccc2ccc(S(=O)(=O)N3CCC[C@@H]3C(=O)O)cc12. The number of carbonyl (C=O) groups excluding carboxylic acids is 2. The maximum Gasteiger partial charge on any atom is 0.324 e. The molecule has 0 radical (unpaired) electrons. The molecule has 3 saturated heterocycles. The number of benzene rings is 3. The highest BCUT2D eigenvalue weighted by Crippen LogP contribution is 2.36. The summed E-state index contributed by atoms with van der Waals surface area (Å²) in [4.78, 5) is 60.6. The zero-order chi connectivity index (χ0) is 61.9. The molecule has 3 aliphatic rings. The summed E-state index contributed by atoms with van der Waals surface area (Å²) in [6.45, 7) is 11.1. The minimum Gasteiger partial charge on any atom is -0.480 e. The Kier molecular flexibility index (Phi) is 19.1. The Morgan fingerprint density at radius 3 is 1.24 bits per heavy atom. The van der Waals surface area contributed by atoms with Crippen molar-refractivity contribution in [3.63, 3.8) is 0 Å². The number of carboxylic acid groups (broad SMARTS) is 1. The molecule has 6 heterocycles. The van der Waals surface area contributed by atoms with Gasteiger partial charge >= 0.3 is 17.9 Å². The van der Waals surface area contributed by atoms with E-state index < -0.39 is 77.3 Å². The molecule has 0 unspecified atom stereocenters. The van der Waals surface area contributed by atoms with E-state index in [0.29, 0.717) is 70.5 Å². The summed E-state index contributed by atoms with van der Waals surface area (Å²) in [5, 5.41) is 12.9. The largest absolute Gasteiger partial charge is 0.480 e. The Morgan fingerprint density at radius 1 is 0.524 bits per heavy atom. The third-order valence-corrected chi connectivity index (χ3v) is 19.0. The Hall–Kier alpha value is -7.87. The van der Waals surface area contributed by atoms with Crippen LogP contribution in [0.2, 0.25) is 5.02 Å². The van der Waals surface area contributed by atoms with Crippen molar-refractivity contribution < 1.29 is 54.2 Å². The van der Waals surface area contributed by atoms with E-state index in [-0.39, 0.29) is 69.7 Å². The maximum atomic E-state index is 13.4. The normalized spacial score (nSPS) is 18.0. The molecule has 3 atom stereocenters. The van der Waals surface area contributed by atoms with Gasteiger partial charge in [0.25, 0.3) is 0 Å². The number of ether oxygens (including phenoxy) is 2. The quantitative estimate of drug-likeness (QED) is 0.0510. The molecule has 3 aromatic heterocycles. The van der Waals surface area contributed by atoms with E-state index >= 15 is 0 Å². The number of guanidine groups is 3. The van der Waals surface area contributed by atoms with Gasteiger partial charge in [-0.1, -0.05) is 29.8 Å². The molecule has 0 spiro atoms. The molecule has 450 valence electrons.